The lowest BCUT2D eigenvalue weighted by Gasteiger charge is -2.22. The first-order valence-corrected chi connectivity index (χ1v) is 9.38. The number of rotatable bonds is 4. The lowest BCUT2D eigenvalue weighted by Crippen LogP contribution is -2.40. The fraction of sp³-hybridized carbons (Fsp3) is 0.238. The van der Waals surface area contributed by atoms with Crippen LogP contribution in [0.3, 0.4) is 0 Å². The number of imide groups is 1. The van der Waals surface area contributed by atoms with E-state index in [1.54, 1.807) is 37.3 Å². The molecule has 5 amide bonds. The van der Waals surface area contributed by atoms with E-state index in [1.807, 2.05) is 0 Å². The summed E-state index contributed by atoms with van der Waals surface area (Å²) >= 11 is 0. The molecule has 0 aliphatic carbocycles. The summed E-state index contributed by atoms with van der Waals surface area (Å²) in [4.78, 5) is 50.0. The highest BCUT2D eigenvalue weighted by molar-refractivity contribution is 6.07. The molecule has 3 N–H and O–H groups in total. The van der Waals surface area contributed by atoms with E-state index in [4.69, 9.17) is 0 Å². The number of amides is 5. The van der Waals surface area contributed by atoms with Crippen LogP contribution in [-0.4, -0.2) is 30.3 Å². The molecule has 8 nitrogen and oxygen atoms in total. The molecule has 0 saturated carbocycles. The molecule has 30 heavy (non-hydrogen) atoms. The zero-order chi connectivity index (χ0) is 21.5. The maximum atomic E-state index is 14.0. The number of nitrogens with one attached hydrogen (secondary N) is 3. The highest BCUT2D eigenvalue weighted by Gasteiger charge is 2.43. The molecule has 0 aromatic heterocycles. The molecule has 4 rings (SSSR count). The zero-order valence-corrected chi connectivity index (χ0v) is 16.1. The summed E-state index contributed by atoms with van der Waals surface area (Å²) in [5.41, 5.74) is -0.178. The highest BCUT2D eigenvalue weighted by Crippen LogP contribution is 2.29. The maximum absolute atomic E-state index is 14.0. The number of nitrogens with zero attached hydrogens (tertiary/aromatic N) is 1. The Bertz CT molecular complexity index is 1070. The standard InChI is InChI=1S/C21H19FN4O4/c1-21(19(29)24-20(30)25-21)13-5-4-6-14(10-13)23-18(28)12-9-17(27)26(11-12)16-8-3-2-7-15(16)22/h2-8,10,12H,9,11H2,1H3,(H,23,28)(H2,24,25,29,30). The van der Waals surface area contributed by atoms with Gasteiger partial charge in [-0.3, -0.25) is 19.7 Å². The average molecular weight is 410 g/mol. The number of hydrogen-bond donors (Lipinski definition) is 3. The molecule has 2 aliphatic heterocycles. The summed E-state index contributed by atoms with van der Waals surface area (Å²) in [5, 5.41) is 7.50. The number of urea groups is 1. The van der Waals surface area contributed by atoms with Crippen LogP contribution in [0.5, 0.6) is 0 Å². The SMILES string of the molecule is CC1(c2cccc(NC(=O)C3CC(=O)N(c4ccccc4F)C3)c2)NC(=O)NC1=O. The van der Waals surface area contributed by atoms with Crippen LogP contribution in [0.2, 0.25) is 0 Å². The van der Waals surface area contributed by atoms with Gasteiger partial charge in [-0.15, -0.1) is 0 Å². The maximum Gasteiger partial charge on any atom is 0.322 e. The molecule has 0 bridgehead atoms. The molecular formula is C21H19FN4O4. The van der Waals surface area contributed by atoms with Gasteiger partial charge in [-0.2, -0.15) is 0 Å². The van der Waals surface area contributed by atoms with Crippen LogP contribution < -0.4 is 20.9 Å². The van der Waals surface area contributed by atoms with E-state index in [9.17, 15) is 23.6 Å². The smallest absolute Gasteiger partial charge is 0.322 e. The fourth-order valence-corrected chi connectivity index (χ4v) is 3.69. The van der Waals surface area contributed by atoms with E-state index in [2.05, 4.69) is 16.0 Å². The topological polar surface area (TPSA) is 108 Å². The van der Waals surface area contributed by atoms with Gasteiger partial charge in [0.15, 0.2) is 0 Å². The van der Waals surface area contributed by atoms with Gasteiger partial charge in [0.05, 0.1) is 11.6 Å². The third kappa shape index (κ3) is 3.38. The van der Waals surface area contributed by atoms with Gasteiger partial charge in [0.25, 0.3) is 5.91 Å². The Kier molecular flexibility index (Phi) is 4.73. The van der Waals surface area contributed by atoms with Gasteiger partial charge >= 0.3 is 6.03 Å². The molecule has 2 aromatic rings. The van der Waals surface area contributed by atoms with Gasteiger partial charge in [-0.25, -0.2) is 9.18 Å². The molecule has 9 heteroatoms. The molecule has 2 saturated heterocycles. The molecule has 2 fully saturated rings. The second-order valence-corrected chi connectivity index (χ2v) is 7.46. The predicted molar refractivity (Wildman–Crippen MR) is 106 cm³/mol. The van der Waals surface area contributed by atoms with Crippen molar-refractivity contribution in [3.05, 3.63) is 59.9 Å². The van der Waals surface area contributed by atoms with Crippen LogP contribution in [0.25, 0.3) is 0 Å². The Labute approximate surface area is 171 Å². The number of anilines is 2. The number of hydrogen-bond acceptors (Lipinski definition) is 4. The Balaban J connectivity index is 1.49. The summed E-state index contributed by atoms with van der Waals surface area (Å²) in [6.45, 7) is 1.64. The lowest BCUT2D eigenvalue weighted by atomic mass is 9.92. The van der Waals surface area contributed by atoms with E-state index >= 15 is 0 Å². The Morgan fingerprint density at radius 3 is 2.63 bits per heavy atom. The molecule has 2 unspecified atom stereocenters. The zero-order valence-electron chi connectivity index (χ0n) is 16.1. The third-order valence-electron chi connectivity index (χ3n) is 5.39. The van der Waals surface area contributed by atoms with Gasteiger partial charge in [-0.1, -0.05) is 24.3 Å². The molecule has 2 aliphatic rings. The molecule has 154 valence electrons. The number of carbonyl (C=O) groups excluding carboxylic acids is 4. The van der Waals surface area contributed by atoms with Crippen molar-refractivity contribution in [1.82, 2.24) is 10.6 Å². The van der Waals surface area contributed by atoms with Crippen molar-refractivity contribution in [3.8, 4) is 0 Å². The predicted octanol–water partition coefficient (Wildman–Crippen LogP) is 1.87. The highest BCUT2D eigenvalue weighted by atomic mass is 19.1. The minimum absolute atomic E-state index is 0.0317. The van der Waals surface area contributed by atoms with Gasteiger partial charge in [0.1, 0.15) is 11.4 Å². The first kappa shape index (κ1) is 19.6. The van der Waals surface area contributed by atoms with Crippen molar-refractivity contribution >= 4 is 35.1 Å². The van der Waals surface area contributed by atoms with Crippen LogP contribution >= 0.6 is 0 Å². The fourth-order valence-electron chi connectivity index (χ4n) is 3.69. The van der Waals surface area contributed by atoms with Crippen molar-refractivity contribution in [1.29, 1.82) is 0 Å². The minimum Gasteiger partial charge on any atom is -0.326 e. The number of carbonyl (C=O) groups is 4. The second-order valence-electron chi connectivity index (χ2n) is 7.46. The van der Waals surface area contributed by atoms with Crippen LogP contribution in [-0.2, 0) is 19.9 Å². The van der Waals surface area contributed by atoms with Crippen molar-refractivity contribution in [2.24, 2.45) is 5.92 Å². The summed E-state index contributed by atoms with van der Waals surface area (Å²) in [5.74, 6) is -2.37. The Morgan fingerprint density at radius 2 is 1.93 bits per heavy atom. The number of halogens is 1. The first-order valence-electron chi connectivity index (χ1n) is 9.38. The van der Waals surface area contributed by atoms with Crippen LogP contribution in [0.15, 0.2) is 48.5 Å². The largest absolute Gasteiger partial charge is 0.326 e. The van der Waals surface area contributed by atoms with Crippen LogP contribution in [0.1, 0.15) is 18.9 Å². The van der Waals surface area contributed by atoms with E-state index in [0.717, 1.165) is 0 Å². The minimum atomic E-state index is -1.25. The molecule has 2 aromatic carbocycles. The third-order valence-corrected chi connectivity index (χ3v) is 5.39. The van der Waals surface area contributed by atoms with E-state index in [-0.39, 0.29) is 30.5 Å². The van der Waals surface area contributed by atoms with Gasteiger partial charge in [0.2, 0.25) is 11.8 Å². The lowest BCUT2D eigenvalue weighted by molar-refractivity contribution is -0.123. The van der Waals surface area contributed by atoms with Crippen molar-refractivity contribution in [3.63, 3.8) is 0 Å². The average Bonchev–Trinajstić information content (AvgIpc) is 3.22. The van der Waals surface area contributed by atoms with Gasteiger partial charge in [0, 0.05) is 18.7 Å². The van der Waals surface area contributed by atoms with E-state index < -0.39 is 29.2 Å². The molecule has 0 spiro atoms. The van der Waals surface area contributed by atoms with Gasteiger partial charge < -0.3 is 15.5 Å². The number of para-hydroxylation sites is 1. The number of benzene rings is 2. The monoisotopic (exact) mass is 410 g/mol. The summed E-state index contributed by atoms with van der Waals surface area (Å²) in [6, 6.07) is 11.9. The summed E-state index contributed by atoms with van der Waals surface area (Å²) in [6.07, 6.45) is -0.0317. The molecule has 0 radical (unpaired) electrons. The molecule has 2 heterocycles. The van der Waals surface area contributed by atoms with Crippen LogP contribution in [0.4, 0.5) is 20.6 Å². The second kappa shape index (κ2) is 7.25. The van der Waals surface area contributed by atoms with E-state index in [0.29, 0.717) is 11.3 Å². The van der Waals surface area contributed by atoms with Crippen molar-refractivity contribution in [2.75, 3.05) is 16.8 Å². The Morgan fingerprint density at radius 1 is 1.17 bits per heavy atom. The molecule has 2 atom stereocenters. The normalized spacial score (nSPS) is 23.3. The van der Waals surface area contributed by atoms with Crippen molar-refractivity contribution in [2.45, 2.75) is 18.9 Å². The van der Waals surface area contributed by atoms with Crippen LogP contribution in [0, 0.1) is 11.7 Å². The molecular weight excluding hydrogens is 391 g/mol. The van der Waals surface area contributed by atoms with Crippen molar-refractivity contribution < 1.29 is 23.6 Å². The van der Waals surface area contributed by atoms with E-state index in [1.165, 1.54) is 23.1 Å². The first-order chi connectivity index (χ1) is 14.3. The summed E-state index contributed by atoms with van der Waals surface area (Å²) < 4.78 is 14.0. The summed E-state index contributed by atoms with van der Waals surface area (Å²) in [7, 11) is 0. The van der Waals surface area contributed by atoms with Gasteiger partial charge in [-0.05, 0) is 36.8 Å². The quantitative estimate of drug-likeness (QED) is 0.669. The Hall–Kier alpha value is -3.75.